The number of hydrogen-bond acceptors (Lipinski definition) is 12. The van der Waals surface area contributed by atoms with E-state index in [0.717, 1.165) is 91.0 Å². The number of carbonyl (C=O) groups excluding carboxylic acids is 1. The van der Waals surface area contributed by atoms with E-state index >= 15 is 0 Å². The Labute approximate surface area is 344 Å². The maximum Gasteiger partial charge on any atom is 0.410 e. The second kappa shape index (κ2) is 16.0. The monoisotopic (exact) mass is 826 g/mol. The first-order valence-electron chi connectivity index (χ1n) is 20.0. The number of amides is 1. The van der Waals surface area contributed by atoms with Crippen LogP contribution in [0.4, 0.5) is 33.6 Å². The number of benzene rings is 2. The molecule has 0 unspecified atom stereocenters. The second-order valence-electron chi connectivity index (χ2n) is 16.8. The number of aryl methyl sites for hydroxylation is 1. The van der Waals surface area contributed by atoms with Crippen molar-refractivity contribution in [3.63, 3.8) is 0 Å². The fraction of sp³-hybridized carbons (Fsp3) is 0.452. The normalized spacial score (nSPS) is 17.1. The largest absolute Gasteiger partial charge is 0.488 e. The van der Waals surface area contributed by atoms with Gasteiger partial charge in [-0.25, -0.2) is 9.78 Å². The Bertz CT molecular complexity index is 2360. The Balaban J connectivity index is 1.05. The van der Waals surface area contributed by atoms with E-state index in [4.69, 9.17) is 26.1 Å². The second-order valence-corrected chi connectivity index (χ2v) is 20.4. The van der Waals surface area contributed by atoms with Crippen molar-refractivity contribution in [1.29, 1.82) is 0 Å². The fourth-order valence-electron chi connectivity index (χ4n) is 7.81. The van der Waals surface area contributed by atoms with E-state index in [0.29, 0.717) is 46.9 Å². The molecule has 8 rings (SSSR count). The number of pyridine rings is 1. The summed E-state index contributed by atoms with van der Waals surface area (Å²) in [6.45, 7) is 14.0. The van der Waals surface area contributed by atoms with Crippen molar-refractivity contribution in [2.45, 2.75) is 64.2 Å². The standard InChI is InChI=1S/C42H52ClN10O4P/c1-42(2,3)57-41(54)53-19-17-51(18-20-53)28-13-15-52(16-14-28)36-22-37(56-29-11-12-29)34(21-31(36)27-23-46-50(4)26-27)48-40-45-24-32(43)39(49-40)47-35-25-44-33-10-8-7-9-30(33)38(35)58(5,6)55/h7-10,21-26,28-29H,11-20H2,1-6H3,(H2,45,47,48,49). The molecule has 0 bridgehead atoms. The molecule has 306 valence electrons. The molecule has 16 heteroatoms. The SMILES string of the molecule is Cn1cc(-c2cc(Nc3ncc(Cl)c(Nc4cnc5ccccc5c4P(C)(C)=O)n3)c(OC3CC3)cc2N2CCC(N3CCN(C(=O)OC(C)(C)C)CC3)CC2)cn1. The van der Waals surface area contributed by atoms with Crippen LogP contribution in [0.2, 0.25) is 5.02 Å². The number of halogens is 1. The van der Waals surface area contributed by atoms with Crippen LogP contribution < -0.4 is 25.6 Å². The molecular weight excluding hydrogens is 775 g/mol. The minimum Gasteiger partial charge on any atom is -0.488 e. The number of nitrogens with one attached hydrogen (secondary N) is 2. The summed E-state index contributed by atoms with van der Waals surface area (Å²) in [7, 11) is -0.838. The number of piperidine rings is 1. The average molecular weight is 827 g/mol. The Hall–Kier alpha value is -4.91. The van der Waals surface area contributed by atoms with Crippen LogP contribution in [-0.2, 0) is 16.3 Å². The van der Waals surface area contributed by atoms with Crippen molar-refractivity contribution in [2.75, 3.05) is 68.1 Å². The third-order valence-corrected chi connectivity index (χ3v) is 12.6. The Morgan fingerprint density at radius 2 is 1.66 bits per heavy atom. The Kier molecular flexibility index (Phi) is 11.0. The topological polar surface area (TPSA) is 143 Å². The highest BCUT2D eigenvalue weighted by Crippen LogP contribution is 2.44. The maximum atomic E-state index is 13.6. The molecule has 1 saturated carbocycles. The number of hydrogen-bond donors (Lipinski definition) is 2. The zero-order chi connectivity index (χ0) is 40.8. The minimum absolute atomic E-state index is 0.142. The molecule has 3 aromatic heterocycles. The number of ether oxygens (including phenoxy) is 2. The molecule has 2 aliphatic heterocycles. The van der Waals surface area contributed by atoms with Crippen LogP contribution in [0.15, 0.2) is 61.2 Å². The van der Waals surface area contributed by atoms with E-state index in [1.807, 2.05) is 74.1 Å². The number of fused-ring (bicyclic) bond motifs is 1. The molecular formula is C42H52ClN10O4P. The van der Waals surface area contributed by atoms with E-state index in [1.54, 1.807) is 25.7 Å². The lowest BCUT2D eigenvalue weighted by Gasteiger charge is -2.43. The van der Waals surface area contributed by atoms with Crippen LogP contribution in [0.25, 0.3) is 22.0 Å². The smallest absolute Gasteiger partial charge is 0.410 e. The van der Waals surface area contributed by atoms with Gasteiger partial charge in [0.05, 0.1) is 41.6 Å². The van der Waals surface area contributed by atoms with Gasteiger partial charge in [0, 0.05) is 92.1 Å². The number of carbonyl (C=O) groups is 1. The molecule has 1 amide bonds. The summed E-state index contributed by atoms with van der Waals surface area (Å²) in [5, 5.41) is 13.1. The van der Waals surface area contributed by atoms with Crippen molar-refractivity contribution >= 4 is 69.9 Å². The molecule has 3 fully saturated rings. The molecule has 2 N–H and O–H groups in total. The van der Waals surface area contributed by atoms with E-state index in [1.165, 1.54) is 0 Å². The van der Waals surface area contributed by atoms with Crippen LogP contribution in [0.1, 0.15) is 46.5 Å². The highest BCUT2D eigenvalue weighted by molar-refractivity contribution is 7.71. The summed E-state index contributed by atoms with van der Waals surface area (Å²) in [5.41, 5.74) is 4.65. The molecule has 3 aliphatic rings. The lowest BCUT2D eigenvalue weighted by molar-refractivity contribution is 0.00901. The van der Waals surface area contributed by atoms with E-state index in [2.05, 4.69) is 47.6 Å². The van der Waals surface area contributed by atoms with Crippen molar-refractivity contribution in [2.24, 2.45) is 7.05 Å². The van der Waals surface area contributed by atoms with Gasteiger partial charge in [-0.1, -0.05) is 29.8 Å². The van der Waals surface area contributed by atoms with Gasteiger partial charge in [-0.15, -0.1) is 0 Å². The van der Waals surface area contributed by atoms with Gasteiger partial charge < -0.3 is 34.5 Å². The molecule has 2 aromatic carbocycles. The first-order chi connectivity index (χ1) is 27.7. The molecule has 14 nitrogen and oxygen atoms in total. The molecule has 1 aliphatic carbocycles. The summed E-state index contributed by atoms with van der Waals surface area (Å²) in [4.78, 5) is 33.5. The quantitative estimate of drug-likeness (QED) is 0.132. The first-order valence-corrected chi connectivity index (χ1v) is 23.0. The van der Waals surface area contributed by atoms with Crippen molar-refractivity contribution in [3.05, 3.63) is 66.2 Å². The molecule has 0 atom stereocenters. The zero-order valence-electron chi connectivity index (χ0n) is 34.0. The van der Waals surface area contributed by atoms with Crippen LogP contribution in [0.5, 0.6) is 5.75 Å². The minimum atomic E-state index is -2.76. The van der Waals surface area contributed by atoms with Gasteiger partial charge in [0.25, 0.3) is 0 Å². The molecule has 58 heavy (non-hydrogen) atoms. The predicted octanol–water partition coefficient (Wildman–Crippen LogP) is 7.88. The van der Waals surface area contributed by atoms with E-state index in [-0.39, 0.29) is 12.2 Å². The summed E-state index contributed by atoms with van der Waals surface area (Å²) in [5.74, 6) is 1.39. The maximum absolute atomic E-state index is 13.6. The van der Waals surface area contributed by atoms with Gasteiger partial charge in [0.15, 0.2) is 5.82 Å². The van der Waals surface area contributed by atoms with Gasteiger partial charge in [-0.05, 0) is 71.9 Å². The van der Waals surface area contributed by atoms with Gasteiger partial charge >= 0.3 is 6.09 Å². The van der Waals surface area contributed by atoms with Crippen molar-refractivity contribution < 1.29 is 18.8 Å². The van der Waals surface area contributed by atoms with Crippen LogP contribution >= 0.6 is 18.7 Å². The van der Waals surface area contributed by atoms with Crippen LogP contribution in [0, 0.1) is 0 Å². The van der Waals surface area contributed by atoms with Gasteiger partial charge in [0.1, 0.15) is 23.5 Å². The van der Waals surface area contributed by atoms with Crippen molar-refractivity contribution in [3.8, 4) is 16.9 Å². The van der Waals surface area contributed by atoms with E-state index in [9.17, 15) is 9.36 Å². The fourth-order valence-corrected chi connectivity index (χ4v) is 9.41. The number of anilines is 5. The average Bonchev–Trinajstić information content (AvgIpc) is 3.90. The Morgan fingerprint density at radius 1 is 0.914 bits per heavy atom. The van der Waals surface area contributed by atoms with Gasteiger partial charge in [-0.3, -0.25) is 14.6 Å². The molecule has 5 aromatic rings. The number of nitrogens with zero attached hydrogens (tertiary/aromatic N) is 8. The third kappa shape index (κ3) is 9.04. The highest BCUT2D eigenvalue weighted by atomic mass is 35.5. The van der Waals surface area contributed by atoms with Gasteiger partial charge in [0.2, 0.25) is 5.95 Å². The van der Waals surface area contributed by atoms with Crippen molar-refractivity contribution in [1.82, 2.24) is 34.5 Å². The van der Waals surface area contributed by atoms with E-state index < -0.39 is 12.7 Å². The number of piperazine rings is 1. The molecule has 5 heterocycles. The predicted molar refractivity (Wildman–Crippen MR) is 231 cm³/mol. The first kappa shape index (κ1) is 39.9. The molecule has 0 spiro atoms. The summed E-state index contributed by atoms with van der Waals surface area (Å²) in [6, 6.07) is 12.4. The highest BCUT2D eigenvalue weighted by Gasteiger charge is 2.33. The van der Waals surface area contributed by atoms with Crippen LogP contribution in [0.3, 0.4) is 0 Å². The van der Waals surface area contributed by atoms with Crippen LogP contribution in [-0.4, -0.2) is 111 Å². The lowest BCUT2D eigenvalue weighted by Crippen LogP contribution is -2.55. The Morgan fingerprint density at radius 3 is 2.33 bits per heavy atom. The number of aromatic nitrogens is 5. The zero-order valence-corrected chi connectivity index (χ0v) is 35.7. The summed E-state index contributed by atoms with van der Waals surface area (Å²) < 4.78 is 27.6. The summed E-state index contributed by atoms with van der Waals surface area (Å²) >= 11 is 6.69. The number of rotatable bonds is 10. The molecule has 0 radical (unpaired) electrons. The third-order valence-electron chi connectivity index (χ3n) is 10.7. The summed E-state index contributed by atoms with van der Waals surface area (Å²) in [6.07, 6.45) is 11.1. The van der Waals surface area contributed by atoms with Gasteiger partial charge in [-0.2, -0.15) is 10.1 Å². The number of para-hydroxylation sites is 1. The molecule has 2 saturated heterocycles. The lowest BCUT2D eigenvalue weighted by atomic mass is 9.98.